The summed E-state index contributed by atoms with van der Waals surface area (Å²) in [5, 5.41) is 11.3. The van der Waals surface area contributed by atoms with Crippen molar-refractivity contribution in [3.05, 3.63) is 95.1 Å². The van der Waals surface area contributed by atoms with E-state index in [0.717, 1.165) is 61.9 Å². The predicted octanol–water partition coefficient (Wildman–Crippen LogP) is 5.14. The lowest BCUT2D eigenvalue weighted by atomic mass is 9.50. The van der Waals surface area contributed by atoms with Crippen LogP contribution in [0, 0.1) is 5.92 Å². The minimum Gasteiger partial charge on any atom is -0.508 e. The quantitative estimate of drug-likeness (QED) is 0.238. The molecule has 2 heterocycles. The molecule has 2 aliphatic heterocycles. The molecule has 1 amide bonds. The highest BCUT2D eigenvalue weighted by molar-refractivity contribution is 5.92. The molecule has 3 aromatic rings. The van der Waals surface area contributed by atoms with Crippen LogP contribution in [0.5, 0.6) is 17.2 Å². The topological polar surface area (TPSA) is 79.3 Å². The molecular formula is C36H38N2O5. The summed E-state index contributed by atoms with van der Waals surface area (Å²) in [4.78, 5) is 30.0. The van der Waals surface area contributed by atoms with E-state index in [1.165, 1.54) is 12.5 Å². The van der Waals surface area contributed by atoms with E-state index in [1.54, 1.807) is 12.1 Å². The van der Waals surface area contributed by atoms with Crippen LogP contribution < -0.4 is 9.47 Å². The SMILES string of the molecule is CC(=O)Oc1cc(O)c2c3c1O[C@H]1[C@H](N(C)C(=O)C=Cc4ccccc4)CC[C@H]4[C@@H](C2)N(CCc2ccccc2)CC[C@@]341. The lowest BCUT2D eigenvalue weighted by Gasteiger charge is -2.60. The number of rotatable bonds is 7. The molecule has 7 heteroatoms. The Morgan fingerprint density at radius 3 is 2.60 bits per heavy atom. The number of nitrogens with zero attached hydrogens (tertiary/aromatic N) is 2. The van der Waals surface area contributed by atoms with Gasteiger partial charge in [-0.25, -0.2) is 0 Å². The van der Waals surface area contributed by atoms with E-state index < -0.39 is 5.97 Å². The summed E-state index contributed by atoms with van der Waals surface area (Å²) in [5.41, 5.74) is 3.83. The van der Waals surface area contributed by atoms with Gasteiger partial charge in [-0.05, 0) is 61.8 Å². The Morgan fingerprint density at radius 1 is 1.12 bits per heavy atom. The molecule has 0 radical (unpaired) electrons. The summed E-state index contributed by atoms with van der Waals surface area (Å²) in [6.07, 6.45) is 7.52. The number of piperidine rings is 1. The van der Waals surface area contributed by atoms with Crippen LogP contribution in [-0.4, -0.2) is 65.1 Å². The fraction of sp³-hybridized carbons (Fsp3) is 0.389. The Labute approximate surface area is 252 Å². The van der Waals surface area contributed by atoms with E-state index in [9.17, 15) is 14.7 Å². The summed E-state index contributed by atoms with van der Waals surface area (Å²) in [6, 6.07) is 22.0. The lowest BCUT2D eigenvalue weighted by Crippen LogP contribution is -2.69. The van der Waals surface area contributed by atoms with E-state index in [1.807, 2.05) is 48.4 Å². The molecule has 43 heavy (non-hydrogen) atoms. The zero-order chi connectivity index (χ0) is 29.7. The Bertz CT molecular complexity index is 1570. The zero-order valence-corrected chi connectivity index (χ0v) is 24.7. The summed E-state index contributed by atoms with van der Waals surface area (Å²) in [7, 11) is 1.87. The number of esters is 1. The van der Waals surface area contributed by atoms with Gasteiger partial charge in [0, 0.05) is 55.2 Å². The number of ether oxygens (including phenoxy) is 2. The highest BCUT2D eigenvalue weighted by atomic mass is 16.6. The second-order valence-electron chi connectivity index (χ2n) is 12.5. The lowest BCUT2D eigenvalue weighted by molar-refractivity contribution is -0.135. The van der Waals surface area contributed by atoms with Gasteiger partial charge in [0.2, 0.25) is 5.91 Å². The fourth-order valence-corrected chi connectivity index (χ4v) is 8.49. The van der Waals surface area contributed by atoms with E-state index in [0.29, 0.717) is 11.7 Å². The van der Waals surface area contributed by atoms with Crippen molar-refractivity contribution in [1.82, 2.24) is 9.80 Å². The largest absolute Gasteiger partial charge is 0.508 e. The van der Waals surface area contributed by atoms with Gasteiger partial charge < -0.3 is 19.5 Å². The van der Waals surface area contributed by atoms with Crippen LogP contribution in [0.15, 0.2) is 72.8 Å². The first-order chi connectivity index (χ1) is 20.9. The molecular weight excluding hydrogens is 540 g/mol. The first-order valence-corrected chi connectivity index (χ1v) is 15.4. The first kappa shape index (κ1) is 27.7. The van der Waals surface area contributed by atoms with Crippen LogP contribution in [0.25, 0.3) is 6.08 Å². The molecule has 0 aromatic heterocycles. The van der Waals surface area contributed by atoms with Gasteiger partial charge in [0.1, 0.15) is 11.9 Å². The Balaban J connectivity index is 1.24. The molecule has 222 valence electrons. The van der Waals surface area contributed by atoms with Crippen LogP contribution in [0.1, 0.15) is 48.4 Å². The van der Waals surface area contributed by atoms with E-state index >= 15 is 0 Å². The van der Waals surface area contributed by atoms with Gasteiger partial charge in [0.25, 0.3) is 0 Å². The molecule has 3 aromatic carbocycles. The number of carbonyl (C=O) groups is 2. The monoisotopic (exact) mass is 578 g/mol. The van der Waals surface area contributed by atoms with Crippen LogP contribution in [0.3, 0.4) is 0 Å². The first-order valence-electron chi connectivity index (χ1n) is 15.4. The van der Waals surface area contributed by atoms with Crippen molar-refractivity contribution in [1.29, 1.82) is 0 Å². The molecule has 0 unspecified atom stereocenters. The van der Waals surface area contributed by atoms with Gasteiger partial charge in [0.15, 0.2) is 11.5 Å². The number of hydrogen-bond acceptors (Lipinski definition) is 6. The van der Waals surface area contributed by atoms with Crippen molar-refractivity contribution in [2.45, 2.75) is 62.6 Å². The number of benzene rings is 3. The minimum atomic E-state index is -0.456. The molecule has 1 spiro atoms. The number of likely N-dealkylation sites (N-methyl/N-ethyl adjacent to an activating group) is 1. The highest BCUT2D eigenvalue weighted by Gasteiger charge is 2.67. The molecule has 4 aliphatic rings. The number of phenols is 1. The maximum Gasteiger partial charge on any atom is 0.308 e. The summed E-state index contributed by atoms with van der Waals surface area (Å²) < 4.78 is 12.5. The molecule has 1 saturated carbocycles. The van der Waals surface area contributed by atoms with E-state index in [4.69, 9.17) is 9.47 Å². The van der Waals surface area contributed by atoms with Crippen LogP contribution in [0.4, 0.5) is 0 Å². The minimum absolute atomic E-state index is 0.0702. The standard InChI is InChI=1S/C36H38N2O5/c1-23(39)42-31-22-30(40)26-21-29-27-14-15-28(37(2)32(41)16-13-24-9-5-3-6-10-24)35-36(27,33(26)34(31)43-35)18-20-38(29)19-17-25-11-7-4-8-12-25/h3-13,16,22,27-29,35,40H,14-15,17-21H2,1-2H3/t27-,28+,29+,35-,36-/m0/s1. The number of carbonyl (C=O) groups excluding carboxylic acids is 2. The normalized spacial score (nSPS) is 26.9. The predicted molar refractivity (Wildman–Crippen MR) is 164 cm³/mol. The second kappa shape index (κ2) is 10.9. The maximum absolute atomic E-state index is 13.5. The van der Waals surface area contributed by atoms with E-state index in [2.05, 4.69) is 35.2 Å². The molecule has 5 atom stereocenters. The molecule has 2 fully saturated rings. The van der Waals surface area contributed by atoms with Crippen LogP contribution in [0.2, 0.25) is 0 Å². The zero-order valence-electron chi connectivity index (χ0n) is 24.7. The van der Waals surface area contributed by atoms with Crippen molar-refractivity contribution < 1.29 is 24.2 Å². The molecule has 7 nitrogen and oxygen atoms in total. The van der Waals surface area contributed by atoms with Gasteiger partial charge in [0.05, 0.1) is 6.04 Å². The van der Waals surface area contributed by atoms with Gasteiger partial charge in [-0.3, -0.25) is 14.5 Å². The van der Waals surface area contributed by atoms with E-state index in [-0.39, 0.29) is 41.0 Å². The molecule has 7 rings (SSSR count). The Hall–Kier alpha value is -4.10. The smallest absolute Gasteiger partial charge is 0.308 e. The second-order valence-corrected chi connectivity index (χ2v) is 12.5. The van der Waals surface area contributed by atoms with Gasteiger partial charge in [-0.1, -0.05) is 60.7 Å². The number of amides is 1. The van der Waals surface area contributed by atoms with Crippen molar-refractivity contribution in [3.8, 4) is 17.2 Å². The molecule has 2 aliphatic carbocycles. The van der Waals surface area contributed by atoms with Gasteiger partial charge in [-0.15, -0.1) is 0 Å². The molecule has 1 saturated heterocycles. The number of phenolic OH excluding ortho intramolecular Hbond substituents is 1. The Morgan fingerprint density at radius 2 is 1.86 bits per heavy atom. The van der Waals surface area contributed by atoms with Crippen molar-refractivity contribution in [2.75, 3.05) is 20.1 Å². The summed E-state index contributed by atoms with van der Waals surface area (Å²) in [6.45, 7) is 3.22. The fourth-order valence-electron chi connectivity index (χ4n) is 8.49. The average Bonchev–Trinajstić information content (AvgIpc) is 3.36. The molecule has 2 bridgehead atoms. The maximum atomic E-state index is 13.5. The number of aromatic hydroxyl groups is 1. The summed E-state index contributed by atoms with van der Waals surface area (Å²) >= 11 is 0. The number of likely N-dealkylation sites (tertiary alicyclic amines) is 1. The summed E-state index contributed by atoms with van der Waals surface area (Å²) in [5.74, 6) is 0.781. The highest BCUT2D eigenvalue weighted by Crippen LogP contribution is 2.65. The van der Waals surface area contributed by atoms with Crippen LogP contribution >= 0.6 is 0 Å². The van der Waals surface area contributed by atoms with Crippen molar-refractivity contribution >= 4 is 18.0 Å². The average molecular weight is 579 g/mol. The number of hydrogen-bond donors (Lipinski definition) is 1. The van der Waals surface area contributed by atoms with Crippen molar-refractivity contribution in [3.63, 3.8) is 0 Å². The van der Waals surface area contributed by atoms with Crippen LogP contribution in [-0.2, 0) is 27.8 Å². The third kappa shape index (κ3) is 4.61. The third-order valence-electron chi connectivity index (χ3n) is 10.3. The van der Waals surface area contributed by atoms with Crippen molar-refractivity contribution in [2.24, 2.45) is 5.92 Å². The Kier molecular flexibility index (Phi) is 7.01. The third-order valence-corrected chi connectivity index (χ3v) is 10.3. The van der Waals surface area contributed by atoms with Gasteiger partial charge in [-0.2, -0.15) is 0 Å². The molecule has 1 N–H and O–H groups in total. The van der Waals surface area contributed by atoms with Gasteiger partial charge >= 0.3 is 5.97 Å².